The van der Waals surface area contributed by atoms with Crippen molar-refractivity contribution in [2.24, 2.45) is 7.05 Å². The van der Waals surface area contributed by atoms with Gasteiger partial charge in [-0.25, -0.2) is 0 Å². The van der Waals surface area contributed by atoms with Crippen molar-refractivity contribution in [3.8, 4) is 17.1 Å². The number of nitrogens with zero attached hydrogens (tertiary/aromatic N) is 3. The van der Waals surface area contributed by atoms with Crippen LogP contribution >= 0.6 is 11.8 Å². The van der Waals surface area contributed by atoms with E-state index < -0.39 is 0 Å². The molecule has 6 nitrogen and oxygen atoms in total. The molecule has 0 unspecified atom stereocenters. The topological polar surface area (TPSA) is 69.0 Å². The molecule has 0 aliphatic carbocycles. The van der Waals surface area contributed by atoms with Gasteiger partial charge in [-0.2, -0.15) is 0 Å². The van der Waals surface area contributed by atoms with Gasteiger partial charge >= 0.3 is 0 Å². The highest BCUT2D eigenvalue weighted by atomic mass is 32.2. The molecule has 0 spiro atoms. The highest BCUT2D eigenvalue weighted by molar-refractivity contribution is 7.99. The molecule has 1 N–H and O–H groups in total. The molecule has 1 atom stereocenters. The Hall–Kier alpha value is -2.80. The van der Waals surface area contributed by atoms with E-state index >= 15 is 0 Å². The van der Waals surface area contributed by atoms with Gasteiger partial charge < -0.3 is 14.6 Å². The van der Waals surface area contributed by atoms with Gasteiger partial charge in [0.1, 0.15) is 5.75 Å². The third-order valence-corrected chi connectivity index (χ3v) is 5.29. The van der Waals surface area contributed by atoms with Crippen molar-refractivity contribution in [3.63, 3.8) is 0 Å². The van der Waals surface area contributed by atoms with Crippen LogP contribution in [0.5, 0.6) is 5.75 Å². The zero-order valence-corrected chi connectivity index (χ0v) is 17.1. The van der Waals surface area contributed by atoms with Gasteiger partial charge in [0.05, 0.1) is 18.4 Å². The van der Waals surface area contributed by atoms with Gasteiger partial charge in [0.15, 0.2) is 11.0 Å². The quantitative estimate of drug-likeness (QED) is 0.586. The Morgan fingerprint density at radius 3 is 2.54 bits per heavy atom. The SMILES string of the molecule is CCOc1ccc(-c2nnc(SCC(=O)N[C@@H](C)c3ccccc3)n2C)cc1. The highest BCUT2D eigenvalue weighted by Crippen LogP contribution is 2.24. The van der Waals surface area contributed by atoms with Crippen LogP contribution < -0.4 is 10.1 Å². The van der Waals surface area contributed by atoms with Crippen LogP contribution in [0.2, 0.25) is 0 Å². The smallest absolute Gasteiger partial charge is 0.230 e. The zero-order chi connectivity index (χ0) is 19.9. The number of ether oxygens (including phenoxy) is 1. The average Bonchev–Trinajstić information content (AvgIpc) is 3.08. The molecule has 0 bridgehead atoms. The van der Waals surface area contributed by atoms with E-state index in [-0.39, 0.29) is 17.7 Å². The first-order valence-electron chi connectivity index (χ1n) is 9.18. The van der Waals surface area contributed by atoms with Crippen LogP contribution in [-0.2, 0) is 11.8 Å². The first kappa shape index (κ1) is 19.9. The predicted molar refractivity (Wildman–Crippen MR) is 111 cm³/mol. The lowest BCUT2D eigenvalue weighted by Crippen LogP contribution is -2.28. The van der Waals surface area contributed by atoms with Gasteiger partial charge in [-0.1, -0.05) is 42.1 Å². The van der Waals surface area contributed by atoms with Crippen molar-refractivity contribution in [1.82, 2.24) is 20.1 Å². The van der Waals surface area contributed by atoms with Crippen molar-refractivity contribution < 1.29 is 9.53 Å². The number of carbonyl (C=O) groups excluding carboxylic acids is 1. The highest BCUT2D eigenvalue weighted by Gasteiger charge is 2.14. The first-order valence-corrected chi connectivity index (χ1v) is 10.2. The Morgan fingerprint density at radius 1 is 1.14 bits per heavy atom. The second kappa shape index (κ2) is 9.41. The maximum Gasteiger partial charge on any atom is 0.230 e. The molecule has 0 saturated carbocycles. The molecule has 7 heteroatoms. The fourth-order valence-corrected chi connectivity index (χ4v) is 3.52. The van der Waals surface area contributed by atoms with Crippen LogP contribution in [0.1, 0.15) is 25.5 Å². The molecular weight excluding hydrogens is 372 g/mol. The second-order valence-corrected chi connectivity index (χ2v) is 7.25. The van der Waals surface area contributed by atoms with Crippen LogP contribution in [0.25, 0.3) is 11.4 Å². The number of amides is 1. The molecule has 3 aromatic rings. The molecule has 1 amide bonds. The number of rotatable bonds is 8. The number of nitrogens with one attached hydrogen (secondary N) is 1. The monoisotopic (exact) mass is 396 g/mol. The van der Waals surface area contributed by atoms with Gasteiger partial charge in [-0.3, -0.25) is 4.79 Å². The van der Waals surface area contributed by atoms with E-state index in [1.165, 1.54) is 11.8 Å². The third-order valence-electron chi connectivity index (χ3n) is 4.27. The van der Waals surface area contributed by atoms with E-state index in [0.717, 1.165) is 22.7 Å². The lowest BCUT2D eigenvalue weighted by atomic mass is 10.1. The Morgan fingerprint density at radius 2 is 1.86 bits per heavy atom. The summed E-state index contributed by atoms with van der Waals surface area (Å²) in [7, 11) is 1.90. The minimum Gasteiger partial charge on any atom is -0.494 e. The first-order chi connectivity index (χ1) is 13.6. The van der Waals surface area contributed by atoms with Gasteiger partial charge in [-0.05, 0) is 43.7 Å². The number of hydrogen-bond donors (Lipinski definition) is 1. The molecule has 0 aliphatic rings. The lowest BCUT2D eigenvalue weighted by molar-refractivity contribution is -0.119. The molecule has 0 aliphatic heterocycles. The Kier molecular flexibility index (Phi) is 6.71. The zero-order valence-electron chi connectivity index (χ0n) is 16.3. The Bertz CT molecular complexity index is 910. The number of hydrogen-bond acceptors (Lipinski definition) is 5. The summed E-state index contributed by atoms with van der Waals surface area (Å²) in [6, 6.07) is 17.6. The fourth-order valence-electron chi connectivity index (χ4n) is 2.80. The predicted octanol–water partition coefficient (Wildman–Crippen LogP) is 3.85. The Labute approximate surface area is 169 Å². The summed E-state index contributed by atoms with van der Waals surface area (Å²) in [4.78, 5) is 12.3. The molecule has 146 valence electrons. The summed E-state index contributed by atoms with van der Waals surface area (Å²) in [5, 5.41) is 12.2. The molecule has 0 saturated heterocycles. The van der Waals surface area contributed by atoms with Crippen molar-refractivity contribution in [1.29, 1.82) is 0 Å². The average molecular weight is 397 g/mol. The summed E-state index contributed by atoms with van der Waals surface area (Å²) >= 11 is 1.37. The van der Waals surface area contributed by atoms with Crippen molar-refractivity contribution in [2.45, 2.75) is 25.0 Å². The largest absolute Gasteiger partial charge is 0.494 e. The number of benzene rings is 2. The molecular formula is C21H24N4O2S. The number of aromatic nitrogens is 3. The lowest BCUT2D eigenvalue weighted by Gasteiger charge is -2.14. The third kappa shape index (κ3) is 4.92. The van der Waals surface area contributed by atoms with Crippen molar-refractivity contribution >= 4 is 17.7 Å². The molecule has 1 heterocycles. The standard InChI is InChI=1S/C21H24N4O2S/c1-4-27-18-12-10-17(11-13-18)20-23-24-21(25(20)3)28-14-19(26)22-15(2)16-8-6-5-7-9-16/h5-13,15H,4,14H2,1-3H3,(H,22,26)/t15-/m0/s1. The number of thioether (sulfide) groups is 1. The fraction of sp³-hybridized carbons (Fsp3) is 0.286. The maximum atomic E-state index is 12.3. The summed E-state index contributed by atoms with van der Waals surface area (Å²) in [5.41, 5.74) is 2.03. The van der Waals surface area contributed by atoms with E-state index in [2.05, 4.69) is 15.5 Å². The summed E-state index contributed by atoms with van der Waals surface area (Å²) in [6.07, 6.45) is 0. The molecule has 3 rings (SSSR count). The van der Waals surface area contributed by atoms with Gasteiger partial charge in [0.2, 0.25) is 5.91 Å². The minimum atomic E-state index is -0.0352. The van der Waals surface area contributed by atoms with E-state index in [1.54, 1.807) is 0 Å². The van der Waals surface area contributed by atoms with Crippen molar-refractivity contribution in [2.75, 3.05) is 12.4 Å². The van der Waals surface area contributed by atoms with Crippen LogP contribution in [0, 0.1) is 0 Å². The summed E-state index contributed by atoms with van der Waals surface area (Å²) in [5.74, 6) is 1.83. The molecule has 2 aromatic carbocycles. The van der Waals surface area contributed by atoms with Crippen LogP contribution in [0.3, 0.4) is 0 Å². The number of carbonyl (C=O) groups is 1. The van der Waals surface area contributed by atoms with E-state index in [9.17, 15) is 4.79 Å². The molecule has 1 aromatic heterocycles. The molecule has 0 fully saturated rings. The van der Waals surface area contributed by atoms with Gasteiger partial charge in [-0.15, -0.1) is 10.2 Å². The second-order valence-electron chi connectivity index (χ2n) is 6.31. The normalized spacial score (nSPS) is 11.8. The van der Waals surface area contributed by atoms with Gasteiger partial charge in [0, 0.05) is 12.6 Å². The van der Waals surface area contributed by atoms with Crippen LogP contribution in [-0.4, -0.2) is 33.0 Å². The summed E-state index contributed by atoms with van der Waals surface area (Å²) in [6.45, 7) is 4.57. The molecule has 0 radical (unpaired) electrons. The van der Waals surface area contributed by atoms with Crippen LogP contribution in [0.4, 0.5) is 0 Å². The summed E-state index contributed by atoms with van der Waals surface area (Å²) < 4.78 is 7.37. The molecule has 28 heavy (non-hydrogen) atoms. The minimum absolute atomic E-state index is 0.0341. The maximum absolute atomic E-state index is 12.3. The van der Waals surface area contributed by atoms with Crippen molar-refractivity contribution in [3.05, 3.63) is 60.2 Å². The van der Waals surface area contributed by atoms with Crippen LogP contribution in [0.15, 0.2) is 59.8 Å². The van der Waals surface area contributed by atoms with E-state index in [1.807, 2.05) is 80.1 Å². The Balaban J connectivity index is 1.59. The van der Waals surface area contributed by atoms with E-state index in [0.29, 0.717) is 11.8 Å². The van der Waals surface area contributed by atoms with E-state index in [4.69, 9.17) is 4.74 Å². The van der Waals surface area contributed by atoms with Gasteiger partial charge in [0.25, 0.3) is 0 Å².